The second-order valence-corrected chi connectivity index (χ2v) is 6.40. The number of carbonyl (C=O) groups excluding carboxylic acids is 1. The van der Waals surface area contributed by atoms with E-state index in [1.165, 1.54) is 0 Å². The Balaban J connectivity index is 2.72. The highest BCUT2D eigenvalue weighted by atomic mass is 79.9. The monoisotopic (exact) mass is 333 g/mol. The van der Waals surface area contributed by atoms with E-state index in [2.05, 4.69) is 21.2 Å². The Bertz CT molecular complexity index is 443. The number of hydrogen-bond acceptors (Lipinski definition) is 2. The van der Waals surface area contributed by atoms with Gasteiger partial charge in [0.2, 0.25) is 0 Å². The van der Waals surface area contributed by atoms with E-state index in [0.717, 1.165) is 4.47 Å². The van der Waals surface area contributed by atoms with Crippen LogP contribution in [0, 0.1) is 0 Å². The molecule has 3 nitrogen and oxygen atoms in total. The van der Waals surface area contributed by atoms with Gasteiger partial charge in [-0.05, 0) is 45.9 Å². The van der Waals surface area contributed by atoms with Gasteiger partial charge in [-0.2, -0.15) is 0 Å². The van der Waals surface area contributed by atoms with Gasteiger partial charge in [0.05, 0.1) is 5.02 Å². The van der Waals surface area contributed by atoms with E-state index in [1.807, 2.05) is 26.8 Å². The maximum absolute atomic E-state index is 11.9. The highest BCUT2D eigenvalue weighted by Gasteiger charge is 2.21. The predicted molar refractivity (Wildman–Crippen MR) is 77.1 cm³/mol. The normalized spacial score (nSPS) is 13.0. The number of nitrogens with one attached hydrogen (secondary N) is 1. The average molecular weight is 335 g/mol. The van der Waals surface area contributed by atoms with Crippen molar-refractivity contribution >= 4 is 33.4 Å². The molecule has 0 aromatic heterocycles. The van der Waals surface area contributed by atoms with E-state index >= 15 is 0 Å². The van der Waals surface area contributed by atoms with Gasteiger partial charge in [0, 0.05) is 10.0 Å². The van der Waals surface area contributed by atoms with Gasteiger partial charge in [0.15, 0.2) is 6.10 Å². The van der Waals surface area contributed by atoms with E-state index in [-0.39, 0.29) is 11.4 Å². The Labute approximate surface area is 121 Å². The van der Waals surface area contributed by atoms with Gasteiger partial charge in [-0.15, -0.1) is 0 Å². The number of halogens is 2. The molecule has 1 amide bonds. The summed E-state index contributed by atoms with van der Waals surface area (Å²) in [7, 11) is 0. The molecule has 1 unspecified atom stereocenters. The van der Waals surface area contributed by atoms with Crippen molar-refractivity contribution in [2.75, 3.05) is 0 Å². The lowest BCUT2D eigenvalue weighted by atomic mass is 10.1. The van der Waals surface area contributed by atoms with E-state index in [1.54, 1.807) is 19.1 Å². The van der Waals surface area contributed by atoms with Crippen molar-refractivity contribution in [1.29, 1.82) is 0 Å². The van der Waals surface area contributed by atoms with Crippen LogP contribution in [0.4, 0.5) is 0 Å². The second kappa shape index (κ2) is 5.93. The summed E-state index contributed by atoms with van der Waals surface area (Å²) >= 11 is 9.33. The Morgan fingerprint density at radius 2 is 2.06 bits per heavy atom. The third-order valence-electron chi connectivity index (χ3n) is 2.06. The van der Waals surface area contributed by atoms with E-state index in [4.69, 9.17) is 16.3 Å². The molecular formula is C13H17BrClNO2. The van der Waals surface area contributed by atoms with Gasteiger partial charge in [0.25, 0.3) is 5.91 Å². The van der Waals surface area contributed by atoms with Crippen molar-refractivity contribution in [3.05, 3.63) is 27.7 Å². The predicted octanol–water partition coefficient (Wildman–Crippen LogP) is 3.78. The molecule has 1 aromatic rings. The minimum absolute atomic E-state index is 0.168. The van der Waals surface area contributed by atoms with E-state index in [9.17, 15) is 4.79 Å². The van der Waals surface area contributed by atoms with Crippen LogP contribution in [0.1, 0.15) is 27.7 Å². The summed E-state index contributed by atoms with van der Waals surface area (Å²) in [6.07, 6.45) is -0.601. The molecule has 0 radical (unpaired) electrons. The largest absolute Gasteiger partial charge is 0.479 e. The zero-order valence-electron chi connectivity index (χ0n) is 10.9. The number of amides is 1. The summed E-state index contributed by atoms with van der Waals surface area (Å²) in [6.45, 7) is 7.45. The highest BCUT2D eigenvalue weighted by Crippen LogP contribution is 2.28. The van der Waals surface area contributed by atoms with Crippen LogP contribution in [-0.4, -0.2) is 17.6 Å². The SMILES string of the molecule is CC(Oc1cc(Br)ccc1Cl)C(=O)NC(C)(C)C. The van der Waals surface area contributed by atoms with Crippen LogP contribution in [0.2, 0.25) is 5.02 Å². The standard InChI is InChI=1S/C13H17BrClNO2/c1-8(12(17)16-13(2,3)4)18-11-7-9(14)5-6-10(11)15/h5-8H,1-4H3,(H,16,17). The maximum atomic E-state index is 11.9. The molecule has 0 fully saturated rings. The van der Waals surface area contributed by atoms with Crippen molar-refractivity contribution < 1.29 is 9.53 Å². The minimum Gasteiger partial charge on any atom is -0.479 e. The summed E-state index contributed by atoms with van der Waals surface area (Å²) in [5, 5.41) is 3.33. The van der Waals surface area contributed by atoms with Gasteiger partial charge in [-0.3, -0.25) is 4.79 Å². The fourth-order valence-electron chi connectivity index (χ4n) is 1.28. The first-order valence-corrected chi connectivity index (χ1v) is 6.80. The Hall–Kier alpha value is -0.740. The van der Waals surface area contributed by atoms with Crippen molar-refractivity contribution in [2.24, 2.45) is 0 Å². The molecule has 0 aliphatic carbocycles. The van der Waals surface area contributed by atoms with Crippen molar-refractivity contribution in [1.82, 2.24) is 5.32 Å². The molecule has 1 atom stereocenters. The molecular weight excluding hydrogens is 318 g/mol. The minimum atomic E-state index is -0.601. The van der Waals surface area contributed by atoms with Crippen molar-refractivity contribution in [3.63, 3.8) is 0 Å². The fraction of sp³-hybridized carbons (Fsp3) is 0.462. The lowest BCUT2D eigenvalue weighted by molar-refractivity contribution is -0.128. The van der Waals surface area contributed by atoms with Crippen LogP contribution in [0.25, 0.3) is 0 Å². The molecule has 0 aliphatic rings. The highest BCUT2D eigenvalue weighted by molar-refractivity contribution is 9.10. The lowest BCUT2D eigenvalue weighted by Crippen LogP contribution is -2.46. The first-order chi connectivity index (χ1) is 8.19. The molecule has 100 valence electrons. The number of hydrogen-bond donors (Lipinski definition) is 1. The quantitative estimate of drug-likeness (QED) is 0.913. The van der Waals surface area contributed by atoms with Crippen molar-refractivity contribution in [3.8, 4) is 5.75 Å². The summed E-state index contributed by atoms with van der Waals surface area (Å²) in [5.74, 6) is 0.321. The topological polar surface area (TPSA) is 38.3 Å². The second-order valence-electron chi connectivity index (χ2n) is 5.07. The van der Waals surface area contributed by atoms with Crippen LogP contribution in [0.5, 0.6) is 5.75 Å². The molecule has 18 heavy (non-hydrogen) atoms. The third-order valence-corrected chi connectivity index (χ3v) is 2.87. The number of ether oxygens (including phenoxy) is 1. The average Bonchev–Trinajstić information content (AvgIpc) is 2.21. The molecule has 0 saturated carbocycles. The Morgan fingerprint density at radius 3 is 2.61 bits per heavy atom. The molecule has 5 heteroatoms. The number of benzene rings is 1. The summed E-state index contributed by atoms with van der Waals surface area (Å²) in [4.78, 5) is 11.9. The number of rotatable bonds is 3. The van der Waals surface area contributed by atoms with Crippen LogP contribution in [0.15, 0.2) is 22.7 Å². The molecule has 0 bridgehead atoms. The van der Waals surface area contributed by atoms with Crippen molar-refractivity contribution in [2.45, 2.75) is 39.3 Å². The number of carbonyl (C=O) groups is 1. The molecule has 1 rings (SSSR count). The van der Waals surface area contributed by atoms with Gasteiger partial charge >= 0.3 is 0 Å². The van der Waals surface area contributed by atoms with Gasteiger partial charge in [-0.25, -0.2) is 0 Å². The first kappa shape index (κ1) is 15.3. The van der Waals surface area contributed by atoms with E-state index < -0.39 is 6.10 Å². The molecule has 1 aromatic carbocycles. The third kappa shape index (κ3) is 4.86. The molecule has 0 spiro atoms. The molecule has 0 aliphatic heterocycles. The van der Waals surface area contributed by atoms with Crippen LogP contribution in [-0.2, 0) is 4.79 Å². The lowest BCUT2D eigenvalue weighted by Gasteiger charge is -2.23. The zero-order chi connectivity index (χ0) is 13.9. The van der Waals surface area contributed by atoms with Crippen LogP contribution >= 0.6 is 27.5 Å². The Kier molecular flexibility index (Phi) is 5.05. The van der Waals surface area contributed by atoms with Gasteiger partial charge in [-0.1, -0.05) is 27.5 Å². The smallest absolute Gasteiger partial charge is 0.261 e. The van der Waals surface area contributed by atoms with Gasteiger partial charge < -0.3 is 10.1 Å². The summed E-state index contributed by atoms with van der Waals surface area (Å²) in [6, 6.07) is 5.27. The van der Waals surface area contributed by atoms with Crippen LogP contribution < -0.4 is 10.1 Å². The van der Waals surface area contributed by atoms with Gasteiger partial charge in [0.1, 0.15) is 5.75 Å². The Morgan fingerprint density at radius 1 is 1.44 bits per heavy atom. The zero-order valence-corrected chi connectivity index (χ0v) is 13.2. The summed E-state index contributed by atoms with van der Waals surface area (Å²) < 4.78 is 6.41. The molecule has 0 saturated heterocycles. The maximum Gasteiger partial charge on any atom is 0.261 e. The van der Waals surface area contributed by atoms with E-state index in [0.29, 0.717) is 10.8 Å². The fourth-order valence-corrected chi connectivity index (χ4v) is 1.78. The van der Waals surface area contributed by atoms with Crippen LogP contribution in [0.3, 0.4) is 0 Å². The first-order valence-electron chi connectivity index (χ1n) is 5.63. The molecule has 0 heterocycles. The summed E-state index contributed by atoms with van der Waals surface area (Å²) in [5.41, 5.74) is -0.282. The molecule has 1 N–H and O–H groups in total.